The minimum absolute atomic E-state index is 0.255. The van der Waals surface area contributed by atoms with Crippen LogP contribution in [0.5, 0.6) is 0 Å². The largest absolute Gasteiger partial charge is 0.388 e. The Hall–Kier alpha value is -2.01. The number of nitrogens with one attached hydrogen (secondary N) is 1. The van der Waals surface area contributed by atoms with E-state index in [0.29, 0.717) is 11.5 Å². The fourth-order valence-corrected chi connectivity index (χ4v) is 1.77. The van der Waals surface area contributed by atoms with Crippen LogP contribution in [0, 0.1) is 0 Å². The third-order valence-corrected chi connectivity index (χ3v) is 2.67. The van der Waals surface area contributed by atoms with Crippen LogP contribution < -0.4 is 11.1 Å². The molecule has 18 heavy (non-hydrogen) atoms. The van der Waals surface area contributed by atoms with E-state index in [1.807, 2.05) is 18.2 Å². The standard InChI is InChI=1S/C13H14N4S/c14-12(18)11-13(17-9-8-15-11)16-7-6-10-4-2-1-3-5-10/h1-5,8-9H,6-7H2,(H2,14,18)(H,16,17). The van der Waals surface area contributed by atoms with Gasteiger partial charge in [-0.3, -0.25) is 0 Å². The van der Waals surface area contributed by atoms with Gasteiger partial charge in [0.15, 0.2) is 5.82 Å². The summed E-state index contributed by atoms with van der Waals surface area (Å²) in [7, 11) is 0. The molecule has 0 radical (unpaired) electrons. The molecular weight excluding hydrogens is 244 g/mol. The maximum absolute atomic E-state index is 5.59. The number of aromatic nitrogens is 2. The highest BCUT2D eigenvalue weighted by molar-refractivity contribution is 7.80. The quantitative estimate of drug-likeness (QED) is 0.800. The average Bonchev–Trinajstić information content (AvgIpc) is 2.40. The van der Waals surface area contributed by atoms with Gasteiger partial charge in [0.2, 0.25) is 0 Å². The molecule has 0 unspecified atom stereocenters. The zero-order valence-electron chi connectivity index (χ0n) is 9.84. The van der Waals surface area contributed by atoms with Crippen molar-refractivity contribution in [2.75, 3.05) is 11.9 Å². The summed E-state index contributed by atoms with van der Waals surface area (Å²) in [5.41, 5.74) is 7.40. The van der Waals surface area contributed by atoms with Gasteiger partial charge in [-0.25, -0.2) is 9.97 Å². The smallest absolute Gasteiger partial charge is 0.155 e. The maximum Gasteiger partial charge on any atom is 0.155 e. The number of thiocarbonyl (C=S) groups is 1. The molecule has 0 spiro atoms. The highest BCUT2D eigenvalue weighted by atomic mass is 32.1. The SMILES string of the molecule is NC(=S)c1nccnc1NCCc1ccccc1. The lowest BCUT2D eigenvalue weighted by atomic mass is 10.1. The first-order valence-corrected chi connectivity index (χ1v) is 6.07. The minimum atomic E-state index is 0.255. The summed E-state index contributed by atoms with van der Waals surface area (Å²) < 4.78 is 0. The Balaban J connectivity index is 1.97. The minimum Gasteiger partial charge on any atom is -0.388 e. The molecule has 0 fully saturated rings. The van der Waals surface area contributed by atoms with E-state index < -0.39 is 0 Å². The fourth-order valence-electron chi connectivity index (χ4n) is 1.62. The van der Waals surface area contributed by atoms with Gasteiger partial charge in [0.25, 0.3) is 0 Å². The number of anilines is 1. The van der Waals surface area contributed by atoms with Crippen molar-refractivity contribution in [1.29, 1.82) is 0 Å². The van der Waals surface area contributed by atoms with Crippen LogP contribution in [-0.2, 0) is 6.42 Å². The molecule has 0 saturated heterocycles. The number of nitrogens with zero attached hydrogens (tertiary/aromatic N) is 2. The van der Waals surface area contributed by atoms with Crippen LogP contribution in [0.4, 0.5) is 5.82 Å². The van der Waals surface area contributed by atoms with Crippen molar-refractivity contribution in [2.45, 2.75) is 6.42 Å². The van der Waals surface area contributed by atoms with Gasteiger partial charge in [-0.2, -0.15) is 0 Å². The predicted octanol–water partition coefficient (Wildman–Crippen LogP) is 1.77. The van der Waals surface area contributed by atoms with Crippen molar-refractivity contribution < 1.29 is 0 Å². The molecule has 4 nitrogen and oxygen atoms in total. The first-order valence-electron chi connectivity index (χ1n) is 5.66. The van der Waals surface area contributed by atoms with Crippen molar-refractivity contribution in [1.82, 2.24) is 9.97 Å². The fraction of sp³-hybridized carbons (Fsp3) is 0.154. The second-order valence-electron chi connectivity index (χ2n) is 3.78. The van der Waals surface area contributed by atoms with Crippen molar-refractivity contribution >= 4 is 23.0 Å². The Labute approximate surface area is 111 Å². The van der Waals surface area contributed by atoms with Crippen molar-refractivity contribution in [3.8, 4) is 0 Å². The zero-order chi connectivity index (χ0) is 12.8. The average molecular weight is 258 g/mol. The first kappa shape index (κ1) is 12.4. The van der Waals surface area contributed by atoms with Gasteiger partial charge < -0.3 is 11.1 Å². The summed E-state index contributed by atoms with van der Waals surface area (Å²) in [6.07, 6.45) is 4.11. The van der Waals surface area contributed by atoms with Crippen LogP contribution in [0.3, 0.4) is 0 Å². The summed E-state index contributed by atoms with van der Waals surface area (Å²) in [4.78, 5) is 8.56. The summed E-state index contributed by atoms with van der Waals surface area (Å²) in [5, 5.41) is 3.20. The Bertz CT molecular complexity index is 528. The number of hydrogen-bond donors (Lipinski definition) is 2. The van der Waals surface area contributed by atoms with E-state index in [1.165, 1.54) is 5.56 Å². The van der Waals surface area contributed by atoms with Crippen LogP contribution in [-0.4, -0.2) is 21.5 Å². The molecule has 0 aliphatic carbocycles. The van der Waals surface area contributed by atoms with Crippen LogP contribution in [0.1, 0.15) is 11.3 Å². The summed E-state index contributed by atoms with van der Waals surface area (Å²) in [6.45, 7) is 0.762. The van der Waals surface area contributed by atoms with E-state index in [1.54, 1.807) is 12.4 Å². The summed E-state index contributed by atoms with van der Waals surface area (Å²) >= 11 is 4.93. The molecule has 0 atom stereocenters. The second-order valence-corrected chi connectivity index (χ2v) is 4.22. The lowest BCUT2D eigenvalue weighted by Crippen LogP contribution is -2.17. The second kappa shape index (κ2) is 6.07. The number of nitrogens with two attached hydrogens (primary N) is 1. The zero-order valence-corrected chi connectivity index (χ0v) is 10.7. The molecule has 0 aliphatic rings. The molecule has 0 aliphatic heterocycles. The molecule has 1 aromatic carbocycles. The van der Waals surface area contributed by atoms with Gasteiger partial charge in [0, 0.05) is 18.9 Å². The van der Waals surface area contributed by atoms with Crippen LogP contribution in [0.25, 0.3) is 0 Å². The molecule has 0 amide bonds. The number of hydrogen-bond acceptors (Lipinski definition) is 4. The van der Waals surface area contributed by atoms with Crippen molar-refractivity contribution in [3.05, 3.63) is 54.0 Å². The highest BCUT2D eigenvalue weighted by Crippen LogP contribution is 2.08. The van der Waals surface area contributed by atoms with Gasteiger partial charge in [0.05, 0.1) is 0 Å². The van der Waals surface area contributed by atoms with Gasteiger partial charge in [-0.15, -0.1) is 0 Å². The van der Waals surface area contributed by atoms with Crippen LogP contribution >= 0.6 is 12.2 Å². The Morgan fingerprint density at radius 2 is 1.89 bits per heavy atom. The highest BCUT2D eigenvalue weighted by Gasteiger charge is 2.06. The molecule has 2 aromatic rings. The van der Waals surface area contributed by atoms with Crippen LogP contribution in [0.2, 0.25) is 0 Å². The molecule has 0 saturated carbocycles. The molecule has 1 heterocycles. The van der Waals surface area contributed by atoms with Gasteiger partial charge in [-0.1, -0.05) is 42.5 Å². The Morgan fingerprint density at radius 1 is 1.17 bits per heavy atom. The van der Waals surface area contributed by atoms with Crippen LogP contribution in [0.15, 0.2) is 42.7 Å². The lowest BCUT2D eigenvalue weighted by Gasteiger charge is -2.08. The Kier molecular flexibility index (Phi) is 4.20. The molecule has 1 aromatic heterocycles. The van der Waals surface area contributed by atoms with E-state index in [4.69, 9.17) is 18.0 Å². The normalized spacial score (nSPS) is 10.0. The third kappa shape index (κ3) is 3.24. The third-order valence-electron chi connectivity index (χ3n) is 2.48. The van der Waals surface area contributed by atoms with E-state index >= 15 is 0 Å². The van der Waals surface area contributed by atoms with E-state index in [0.717, 1.165) is 13.0 Å². The molecule has 3 N–H and O–H groups in total. The number of benzene rings is 1. The van der Waals surface area contributed by atoms with Crippen molar-refractivity contribution in [3.63, 3.8) is 0 Å². The monoisotopic (exact) mass is 258 g/mol. The molecular formula is C13H14N4S. The topological polar surface area (TPSA) is 63.8 Å². The first-order chi connectivity index (χ1) is 8.77. The lowest BCUT2D eigenvalue weighted by molar-refractivity contribution is 0.997. The van der Waals surface area contributed by atoms with Gasteiger partial charge >= 0.3 is 0 Å². The molecule has 92 valence electrons. The van der Waals surface area contributed by atoms with E-state index in [9.17, 15) is 0 Å². The Morgan fingerprint density at radius 3 is 2.61 bits per heavy atom. The molecule has 2 rings (SSSR count). The molecule has 5 heteroatoms. The van der Waals surface area contributed by atoms with Gasteiger partial charge in [0.1, 0.15) is 10.7 Å². The predicted molar refractivity (Wildman–Crippen MR) is 76.6 cm³/mol. The number of rotatable bonds is 5. The summed E-state index contributed by atoms with van der Waals surface area (Å²) in [6, 6.07) is 10.2. The summed E-state index contributed by atoms with van der Waals surface area (Å²) in [5.74, 6) is 0.640. The molecule has 0 bridgehead atoms. The van der Waals surface area contributed by atoms with Crippen molar-refractivity contribution in [2.24, 2.45) is 5.73 Å². The van der Waals surface area contributed by atoms with Gasteiger partial charge in [-0.05, 0) is 12.0 Å². The maximum atomic E-state index is 5.59. The van der Waals surface area contributed by atoms with E-state index in [-0.39, 0.29) is 4.99 Å². The van der Waals surface area contributed by atoms with E-state index in [2.05, 4.69) is 27.4 Å².